The Kier molecular flexibility index (Phi) is 5.91. The number of anilines is 3. The molecule has 0 aromatic heterocycles. The zero-order valence-electron chi connectivity index (χ0n) is 30.5. The third-order valence-electron chi connectivity index (χ3n) is 13.0. The van der Waals surface area contributed by atoms with Crippen LogP contribution in [0.15, 0.2) is 194 Å². The van der Waals surface area contributed by atoms with Crippen molar-refractivity contribution < 1.29 is 0 Å². The zero-order chi connectivity index (χ0) is 36.5. The van der Waals surface area contributed by atoms with E-state index in [-0.39, 0.29) is 6.17 Å². The predicted octanol–water partition coefficient (Wildman–Crippen LogP) is 13.8. The minimum Gasteiger partial charge on any atom is -0.359 e. The standard InChI is InChI=1S/C54H34N2/c1-2-13-33(14-3-1)34-25-28-36(29-26-34)56-50-24-11-10-23-49(50)55-53(56)35-27-30-40-39-17-6-8-21-45(39)54(47(40)31-35)46-22-9-7-18-42(46)52-43-20-12-19-41-37-15-4-5-16-38(37)44(51(41)43)32-48(52)54/h1-32,53,55H. The van der Waals surface area contributed by atoms with E-state index in [1.165, 1.54) is 99.9 Å². The summed E-state index contributed by atoms with van der Waals surface area (Å²) in [6.07, 6.45) is -0.0964. The van der Waals surface area contributed by atoms with E-state index in [9.17, 15) is 0 Å². The molecule has 0 radical (unpaired) electrons. The smallest absolute Gasteiger partial charge is 0.130 e. The number of nitrogens with one attached hydrogen (secondary N) is 1. The first kappa shape index (κ1) is 30.2. The van der Waals surface area contributed by atoms with Crippen molar-refractivity contribution in [3.63, 3.8) is 0 Å². The van der Waals surface area contributed by atoms with Gasteiger partial charge < -0.3 is 10.2 Å². The number of para-hydroxylation sites is 2. The number of benzene rings is 9. The van der Waals surface area contributed by atoms with Crippen molar-refractivity contribution in [1.29, 1.82) is 0 Å². The Morgan fingerprint density at radius 1 is 0.411 bits per heavy atom. The van der Waals surface area contributed by atoms with Crippen LogP contribution >= 0.6 is 0 Å². The van der Waals surface area contributed by atoms with Crippen LogP contribution in [0.1, 0.15) is 34.0 Å². The molecule has 0 bridgehead atoms. The lowest BCUT2D eigenvalue weighted by Crippen LogP contribution is -2.27. The molecule has 4 aliphatic rings. The Labute approximate surface area is 326 Å². The molecule has 2 heteroatoms. The molecule has 1 heterocycles. The molecule has 56 heavy (non-hydrogen) atoms. The third kappa shape index (κ3) is 3.76. The maximum Gasteiger partial charge on any atom is 0.130 e. The normalized spacial score (nSPS) is 17.3. The van der Waals surface area contributed by atoms with Gasteiger partial charge in [0.25, 0.3) is 0 Å². The molecule has 1 aliphatic heterocycles. The average molecular weight is 711 g/mol. The third-order valence-corrected chi connectivity index (χ3v) is 13.0. The first-order valence-electron chi connectivity index (χ1n) is 19.6. The van der Waals surface area contributed by atoms with Crippen molar-refractivity contribution >= 4 is 27.8 Å². The van der Waals surface area contributed by atoms with Gasteiger partial charge in [0, 0.05) is 5.69 Å². The van der Waals surface area contributed by atoms with E-state index < -0.39 is 5.41 Å². The fraction of sp³-hybridized carbons (Fsp3) is 0.0370. The maximum atomic E-state index is 3.96. The van der Waals surface area contributed by atoms with Crippen LogP contribution in [-0.4, -0.2) is 0 Å². The summed E-state index contributed by atoms with van der Waals surface area (Å²) in [4.78, 5) is 2.48. The molecule has 2 unspecified atom stereocenters. The second-order valence-corrected chi connectivity index (χ2v) is 15.6. The summed E-state index contributed by atoms with van der Waals surface area (Å²) < 4.78 is 0. The van der Waals surface area contributed by atoms with Gasteiger partial charge in [-0.05, 0) is 131 Å². The largest absolute Gasteiger partial charge is 0.359 e. The lowest BCUT2D eigenvalue weighted by Gasteiger charge is -2.32. The van der Waals surface area contributed by atoms with Crippen LogP contribution in [0.4, 0.5) is 17.1 Å². The molecule has 9 aromatic rings. The Morgan fingerprint density at radius 2 is 1.04 bits per heavy atom. The van der Waals surface area contributed by atoms with Gasteiger partial charge in [0.2, 0.25) is 0 Å². The fourth-order valence-corrected chi connectivity index (χ4v) is 10.8. The SMILES string of the molecule is c1ccc(-c2ccc(N3c4ccccc4NC3c3ccc4c(c3)C3(c5ccccc5-4)c4ccccc4-c4c3cc3c5c(cccc45)-c4ccccc4-3)cc2)cc1. The Hall–Kier alpha value is -7.16. The Balaban J connectivity index is 1.05. The first-order chi connectivity index (χ1) is 27.8. The summed E-state index contributed by atoms with van der Waals surface area (Å²) in [5.74, 6) is 0. The van der Waals surface area contributed by atoms with E-state index in [1.807, 2.05) is 0 Å². The molecule has 260 valence electrons. The van der Waals surface area contributed by atoms with Crippen molar-refractivity contribution in [2.45, 2.75) is 11.6 Å². The molecule has 2 atom stereocenters. The van der Waals surface area contributed by atoms with E-state index in [4.69, 9.17) is 0 Å². The van der Waals surface area contributed by atoms with Crippen molar-refractivity contribution in [1.82, 2.24) is 0 Å². The topological polar surface area (TPSA) is 15.3 Å². The number of nitrogens with zero attached hydrogens (tertiary/aromatic N) is 1. The summed E-state index contributed by atoms with van der Waals surface area (Å²) in [5.41, 5.74) is 22.8. The average Bonchev–Trinajstić information content (AvgIpc) is 3.99. The van der Waals surface area contributed by atoms with Gasteiger partial charge in [0.15, 0.2) is 0 Å². The highest BCUT2D eigenvalue weighted by Gasteiger charge is 2.53. The van der Waals surface area contributed by atoms with E-state index in [1.54, 1.807) is 0 Å². The lowest BCUT2D eigenvalue weighted by molar-refractivity contribution is 0.780. The molecule has 2 nitrogen and oxygen atoms in total. The second-order valence-electron chi connectivity index (χ2n) is 15.6. The van der Waals surface area contributed by atoms with E-state index in [2.05, 4.69) is 204 Å². The first-order valence-corrected chi connectivity index (χ1v) is 19.6. The van der Waals surface area contributed by atoms with E-state index in [0.717, 1.165) is 11.4 Å². The molecule has 9 aromatic carbocycles. The van der Waals surface area contributed by atoms with Crippen LogP contribution in [-0.2, 0) is 5.41 Å². The number of fused-ring (bicyclic) bond motifs is 15. The highest BCUT2D eigenvalue weighted by atomic mass is 15.3. The van der Waals surface area contributed by atoms with Gasteiger partial charge in [-0.2, -0.15) is 0 Å². The highest BCUT2D eigenvalue weighted by Crippen LogP contribution is 2.66. The summed E-state index contributed by atoms with van der Waals surface area (Å²) in [6.45, 7) is 0. The van der Waals surface area contributed by atoms with Gasteiger partial charge in [-0.25, -0.2) is 0 Å². The molecule has 0 saturated carbocycles. The quantitative estimate of drug-likeness (QED) is 0.196. The molecule has 1 spiro atoms. The van der Waals surface area contributed by atoms with Crippen LogP contribution in [0, 0.1) is 0 Å². The zero-order valence-corrected chi connectivity index (χ0v) is 30.5. The number of rotatable bonds is 3. The molecular formula is C54H34N2. The van der Waals surface area contributed by atoms with Crippen LogP contribution in [0.5, 0.6) is 0 Å². The molecular weight excluding hydrogens is 677 g/mol. The van der Waals surface area contributed by atoms with Gasteiger partial charge in [0.05, 0.1) is 16.8 Å². The number of hydrogen-bond acceptors (Lipinski definition) is 2. The second kappa shape index (κ2) is 11.0. The summed E-state index contributed by atoms with van der Waals surface area (Å²) in [7, 11) is 0. The van der Waals surface area contributed by atoms with Crippen LogP contribution in [0.25, 0.3) is 66.4 Å². The molecule has 0 amide bonds. The summed E-state index contributed by atoms with van der Waals surface area (Å²) in [6, 6.07) is 72.5. The van der Waals surface area contributed by atoms with Gasteiger partial charge in [0.1, 0.15) is 6.17 Å². The Bertz CT molecular complexity index is 3120. The van der Waals surface area contributed by atoms with Crippen molar-refractivity contribution in [3.8, 4) is 55.6 Å². The highest BCUT2D eigenvalue weighted by molar-refractivity contribution is 6.21. The summed E-state index contributed by atoms with van der Waals surface area (Å²) in [5, 5.41) is 6.68. The van der Waals surface area contributed by atoms with E-state index in [0.29, 0.717) is 0 Å². The predicted molar refractivity (Wildman–Crippen MR) is 231 cm³/mol. The number of hydrogen-bond donors (Lipinski definition) is 1. The van der Waals surface area contributed by atoms with Gasteiger partial charge in [-0.1, -0.05) is 158 Å². The van der Waals surface area contributed by atoms with Gasteiger partial charge in [-0.3, -0.25) is 0 Å². The van der Waals surface area contributed by atoms with Crippen molar-refractivity contribution in [2.24, 2.45) is 0 Å². The van der Waals surface area contributed by atoms with Crippen molar-refractivity contribution in [2.75, 3.05) is 10.2 Å². The van der Waals surface area contributed by atoms with Crippen LogP contribution in [0.3, 0.4) is 0 Å². The van der Waals surface area contributed by atoms with Gasteiger partial charge >= 0.3 is 0 Å². The molecule has 0 saturated heterocycles. The minimum absolute atomic E-state index is 0.0964. The summed E-state index contributed by atoms with van der Waals surface area (Å²) >= 11 is 0. The monoisotopic (exact) mass is 710 g/mol. The van der Waals surface area contributed by atoms with Gasteiger partial charge in [-0.15, -0.1) is 0 Å². The van der Waals surface area contributed by atoms with Crippen molar-refractivity contribution in [3.05, 3.63) is 222 Å². The maximum absolute atomic E-state index is 3.96. The van der Waals surface area contributed by atoms with Crippen LogP contribution in [0.2, 0.25) is 0 Å². The van der Waals surface area contributed by atoms with E-state index >= 15 is 0 Å². The molecule has 0 fully saturated rings. The molecule has 3 aliphatic carbocycles. The Morgan fingerprint density at radius 3 is 1.86 bits per heavy atom. The van der Waals surface area contributed by atoms with Crippen LogP contribution < -0.4 is 10.2 Å². The molecule has 1 N–H and O–H groups in total. The minimum atomic E-state index is -0.473. The lowest BCUT2D eigenvalue weighted by atomic mass is 9.69. The fourth-order valence-electron chi connectivity index (χ4n) is 10.8. The molecule has 13 rings (SSSR count).